The van der Waals surface area contributed by atoms with Crippen LogP contribution >= 0.6 is 22.7 Å². The van der Waals surface area contributed by atoms with Crippen LogP contribution < -0.4 is 15.4 Å². The fourth-order valence-corrected chi connectivity index (χ4v) is 4.07. The van der Waals surface area contributed by atoms with Crippen molar-refractivity contribution in [2.45, 2.75) is 12.6 Å². The molecule has 0 bridgehead atoms. The monoisotopic (exact) mass is 374 g/mol. The molecule has 1 atom stereocenters. The summed E-state index contributed by atoms with van der Waals surface area (Å²) in [5.74, 6) is 0.607. The van der Waals surface area contributed by atoms with Crippen LogP contribution in [0.25, 0.3) is 0 Å². The smallest absolute Gasteiger partial charge is 0.319 e. The molecule has 0 aliphatic heterocycles. The molecular formula is C18H18N2O3S2. The lowest BCUT2D eigenvalue weighted by molar-refractivity contribution is 0.228. The van der Waals surface area contributed by atoms with E-state index in [1.54, 1.807) is 19.2 Å². The highest BCUT2D eigenvalue weighted by molar-refractivity contribution is 7.12. The number of ether oxygens (including phenoxy) is 1. The van der Waals surface area contributed by atoms with Gasteiger partial charge in [0.2, 0.25) is 0 Å². The predicted octanol–water partition coefficient (Wildman–Crippen LogP) is 4.22. The van der Waals surface area contributed by atoms with Gasteiger partial charge in [-0.15, -0.1) is 22.7 Å². The van der Waals surface area contributed by atoms with E-state index in [-0.39, 0.29) is 6.03 Å². The highest BCUT2D eigenvalue weighted by Crippen LogP contribution is 2.31. The Bertz CT molecular complexity index is 830. The lowest BCUT2D eigenvalue weighted by Gasteiger charge is -2.10. The van der Waals surface area contributed by atoms with E-state index in [9.17, 15) is 9.90 Å². The first-order valence-corrected chi connectivity index (χ1v) is 9.35. The fraction of sp³-hybridized carbons (Fsp3) is 0.167. The molecule has 2 heterocycles. The molecule has 5 nitrogen and oxygen atoms in total. The van der Waals surface area contributed by atoms with Crippen molar-refractivity contribution < 1.29 is 14.6 Å². The maximum absolute atomic E-state index is 12.1. The summed E-state index contributed by atoms with van der Waals surface area (Å²) in [5.41, 5.74) is 0.613. The average Bonchev–Trinajstić information content (AvgIpc) is 3.32. The van der Waals surface area contributed by atoms with Gasteiger partial charge in [-0.2, -0.15) is 0 Å². The second-order valence-electron chi connectivity index (χ2n) is 5.23. The molecule has 0 fully saturated rings. The molecule has 7 heteroatoms. The van der Waals surface area contributed by atoms with Gasteiger partial charge in [-0.25, -0.2) is 4.79 Å². The molecule has 2 amide bonds. The fourth-order valence-electron chi connectivity index (χ4n) is 2.31. The minimum atomic E-state index is -0.610. The SMILES string of the molecule is COc1ccccc1NC(=O)NCc1ccc(C(O)c2cccs2)s1. The third-order valence-electron chi connectivity index (χ3n) is 3.54. The molecule has 1 unspecified atom stereocenters. The summed E-state index contributed by atoms with van der Waals surface area (Å²) in [6.07, 6.45) is -0.610. The summed E-state index contributed by atoms with van der Waals surface area (Å²) >= 11 is 3.01. The molecule has 3 aromatic rings. The predicted molar refractivity (Wildman–Crippen MR) is 102 cm³/mol. The number of thiophene rings is 2. The Morgan fingerprint density at radius 3 is 2.76 bits per heavy atom. The summed E-state index contributed by atoms with van der Waals surface area (Å²) in [4.78, 5) is 14.8. The van der Waals surface area contributed by atoms with E-state index in [1.165, 1.54) is 22.7 Å². The van der Waals surface area contributed by atoms with Gasteiger partial charge in [0.25, 0.3) is 0 Å². The van der Waals surface area contributed by atoms with Crippen LogP contribution in [0.1, 0.15) is 20.7 Å². The van der Waals surface area contributed by atoms with Crippen molar-refractivity contribution in [1.82, 2.24) is 5.32 Å². The van der Waals surface area contributed by atoms with Gasteiger partial charge in [0.1, 0.15) is 11.9 Å². The topological polar surface area (TPSA) is 70.6 Å². The number of methoxy groups -OCH3 is 1. The normalized spacial score (nSPS) is 11.8. The van der Waals surface area contributed by atoms with Crippen LogP contribution in [0, 0.1) is 0 Å². The maximum Gasteiger partial charge on any atom is 0.319 e. The summed E-state index contributed by atoms with van der Waals surface area (Å²) in [7, 11) is 1.56. The van der Waals surface area contributed by atoms with Gasteiger partial charge in [-0.1, -0.05) is 18.2 Å². The van der Waals surface area contributed by atoms with E-state index in [0.29, 0.717) is 18.0 Å². The molecule has 0 aliphatic rings. The van der Waals surface area contributed by atoms with Gasteiger partial charge < -0.3 is 20.5 Å². The highest BCUT2D eigenvalue weighted by atomic mass is 32.1. The Morgan fingerprint density at radius 1 is 1.16 bits per heavy atom. The highest BCUT2D eigenvalue weighted by Gasteiger charge is 2.14. The van der Waals surface area contributed by atoms with E-state index >= 15 is 0 Å². The third-order valence-corrected chi connectivity index (χ3v) is 5.61. The van der Waals surface area contributed by atoms with Crippen LogP contribution in [-0.2, 0) is 6.54 Å². The second-order valence-corrected chi connectivity index (χ2v) is 7.41. The van der Waals surface area contributed by atoms with Crippen LogP contribution in [0.2, 0.25) is 0 Å². The lowest BCUT2D eigenvalue weighted by Crippen LogP contribution is -2.28. The number of benzene rings is 1. The summed E-state index contributed by atoms with van der Waals surface area (Å²) < 4.78 is 5.21. The van der Waals surface area contributed by atoms with E-state index in [2.05, 4.69) is 10.6 Å². The first-order valence-electron chi connectivity index (χ1n) is 7.65. The van der Waals surface area contributed by atoms with Crippen molar-refractivity contribution in [2.24, 2.45) is 0 Å². The number of hydrogen-bond acceptors (Lipinski definition) is 5. The Balaban J connectivity index is 1.56. The first-order chi connectivity index (χ1) is 12.2. The zero-order valence-electron chi connectivity index (χ0n) is 13.6. The number of anilines is 1. The summed E-state index contributed by atoms with van der Waals surface area (Å²) in [6, 6.07) is 14.6. The molecule has 3 rings (SSSR count). The molecule has 0 saturated heterocycles. The molecule has 0 aliphatic carbocycles. The van der Waals surface area contributed by atoms with Gasteiger partial charge in [0.05, 0.1) is 19.3 Å². The summed E-state index contributed by atoms with van der Waals surface area (Å²) in [5, 5.41) is 17.8. The zero-order valence-corrected chi connectivity index (χ0v) is 15.2. The van der Waals surface area contributed by atoms with Crippen LogP contribution in [0.5, 0.6) is 5.75 Å². The van der Waals surface area contributed by atoms with Crippen molar-refractivity contribution in [3.63, 3.8) is 0 Å². The van der Waals surface area contributed by atoms with Crippen LogP contribution in [0.15, 0.2) is 53.9 Å². The standard InChI is InChI=1S/C18H18N2O3S2/c1-23-14-6-3-2-5-13(14)20-18(22)19-11-12-8-9-16(25-12)17(21)15-7-4-10-24-15/h2-10,17,21H,11H2,1H3,(H2,19,20,22). The molecule has 0 radical (unpaired) electrons. The average molecular weight is 374 g/mol. The van der Waals surface area contributed by atoms with Crippen molar-refractivity contribution in [3.8, 4) is 5.75 Å². The van der Waals surface area contributed by atoms with E-state index in [0.717, 1.165) is 14.6 Å². The number of para-hydroxylation sites is 2. The Kier molecular flexibility index (Phi) is 5.70. The third kappa shape index (κ3) is 4.39. The van der Waals surface area contributed by atoms with E-state index in [4.69, 9.17) is 4.74 Å². The number of aliphatic hydroxyl groups excluding tert-OH is 1. The largest absolute Gasteiger partial charge is 0.495 e. The second kappa shape index (κ2) is 8.15. The summed E-state index contributed by atoms with van der Waals surface area (Å²) in [6.45, 7) is 0.392. The maximum atomic E-state index is 12.1. The number of nitrogens with one attached hydrogen (secondary N) is 2. The minimum absolute atomic E-state index is 0.307. The molecule has 130 valence electrons. The molecule has 0 spiro atoms. The van der Waals surface area contributed by atoms with Crippen LogP contribution in [0.3, 0.4) is 0 Å². The lowest BCUT2D eigenvalue weighted by atomic mass is 10.2. The van der Waals surface area contributed by atoms with Crippen molar-refractivity contribution in [2.75, 3.05) is 12.4 Å². The van der Waals surface area contributed by atoms with E-state index in [1.807, 2.05) is 41.8 Å². The zero-order chi connectivity index (χ0) is 17.6. The van der Waals surface area contributed by atoms with Gasteiger partial charge in [-0.05, 0) is 35.7 Å². The van der Waals surface area contributed by atoms with Gasteiger partial charge >= 0.3 is 6.03 Å². The number of carbonyl (C=O) groups is 1. The number of carbonyl (C=O) groups excluding carboxylic acids is 1. The van der Waals surface area contributed by atoms with E-state index < -0.39 is 6.10 Å². The Morgan fingerprint density at radius 2 is 2.00 bits per heavy atom. The van der Waals surface area contributed by atoms with Gasteiger partial charge in [0, 0.05) is 14.6 Å². The molecule has 1 aromatic carbocycles. The quantitative estimate of drug-likeness (QED) is 0.605. The van der Waals surface area contributed by atoms with Crippen molar-refractivity contribution in [1.29, 1.82) is 0 Å². The van der Waals surface area contributed by atoms with Crippen LogP contribution in [-0.4, -0.2) is 18.2 Å². The molecule has 2 aromatic heterocycles. The Hall–Kier alpha value is -2.35. The number of hydrogen-bond donors (Lipinski definition) is 3. The molecule has 25 heavy (non-hydrogen) atoms. The first kappa shape index (κ1) is 17.5. The van der Waals surface area contributed by atoms with Crippen LogP contribution in [0.4, 0.5) is 10.5 Å². The number of amides is 2. The minimum Gasteiger partial charge on any atom is -0.495 e. The molecule has 3 N–H and O–H groups in total. The van der Waals surface area contributed by atoms with Gasteiger partial charge in [0.15, 0.2) is 0 Å². The number of rotatable bonds is 6. The molecule has 0 saturated carbocycles. The Labute approximate surface area is 153 Å². The van der Waals surface area contributed by atoms with Gasteiger partial charge in [-0.3, -0.25) is 0 Å². The van der Waals surface area contributed by atoms with Crippen molar-refractivity contribution >= 4 is 34.4 Å². The molecular weight excluding hydrogens is 356 g/mol. The number of urea groups is 1. The number of aliphatic hydroxyl groups is 1. The van der Waals surface area contributed by atoms with Crippen molar-refractivity contribution in [3.05, 3.63) is 68.5 Å².